The quantitative estimate of drug-likeness (QED) is 0.492. The number of amides is 1. The summed E-state index contributed by atoms with van der Waals surface area (Å²) in [7, 11) is -3.94. The Morgan fingerprint density at radius 2 is 1.86 bits per heavy atom. The van der Waals surface area contributed by atoms with Crippen LogP contribution in [0.1, 0.15) is 24.1 Å². The maximum Gasteiger partial charge on any atom is 0.416 e. The number of carbonyl (C=O) groups excluding carboxylic acids is 1. The van der Waals surface area contributed by atoms with Crippen LogP contribution in [0.2, 0.25) is 5.15 Å². The van der Waals surface area contributed by atoms with Gasteiger partial charge in [-0.05, 0) is 43.2 Å². The summed E-state index contributed by atoms with van der Waals surface area (Å²) in [6.45, 7) is 0.177. The van der Waals surface area contributed by atoms with Gasteiger partial charge in [0.05, 0.1) is 23.5 Å². The molecule has 1 aliphatic heterocycles. The number of rotatable bonds is 6. The van der Waals surface area contributed by atoms with Gasteiger partial charge in [0.15, 0.2) is 0 Å². The van der Waals surface area contributed by atoms with Gasteiger partial charge >= 0.3 is 6.18 Å². The van der Waals surface area contributed by atoms with Gasteiger partial charge in [0.2, 0.25) is 15.9 Å². The molecule has 1 N–H and O–H groups in total. The zero-order valence-corrected chi connectivity index (χ0v) is 19.6. The van der Waals surface area contributed by atoms with Crippen molar-refractivity contribution in [3.63, 3.8) is 0 Å². The first-order chi connectivity index (χ1) is 16.6. The summed E-state index contributed by atoms with van der Waals surface area (Å²) in [6.07, 6.45) is -1.18. The first kappa shape index (κ1) is 25.0. The van der Waals surface area contributed by atoms with Gasteiger partial charge in [0.1, 0.15) is 22.4 Å². The number of hydrogen-bond donors (Lipinski definition) is 1. The maximum atomic E-state index is 13.0. The highest BCUT2D eigenvalue weighted by Crippen LogP contribution is 2.31. The van der Waals surface area contributed by atoms with Crippen LogP contribution in [0.4, 0.5) is 13.2 Å². The standard InChI is InChI=1S/C22H19ClF3N5O3S/c23-20-8-7-17(12-27-20)35(33,34)31-9-1-2-19(31)21(32)28-11-16-10-18(30-13-29-16)14-3-5-15(6-4-14)22(24,25)26/h3-8,10,12-13,19H,1-2,9,11H2,(H,28,32)/t19-/m0/s1. The molecule has 2 aromatic heterocycles. The number of hydrogen-bond acceptors (Lipinski definition) is 6. The largest absolute Gasteiger partial charge is 0.416 e. The van der Waals surface area contributed by atoms with E-state index in [9.17, 15) is 26.4 Å². The predicted octanol–water partition coefficient (Wildman–Crippen LogP) is 3.68. The molecule has 13 heteroatoms. The van der Waals surface area contributed by atoms with Crippen LogP contribution in [0.15, 0.2) is 59.9 Å². The van der Waals surface area contributed by atoms with Gasteiger partial charge in [-0.2, -0.15) is 17.5 Å². The first-order valence-corrected chi connectivity index (χ1v) is 12.3. The van der Waals surface area contributed by atoms with E-state index in [-0.39, 0.29) is 23.1 Å². The molecule has 0 unspecified atom stereocenters. The molecule has 0 aliphatic carbocycles. The van der Waals surface area contributed by atoms with Gasteiger partial charge in [-0.1, -0.05) is 23.7 Å². The minimum atomic E-state index is -4.44. The third kappa shape index (κ3) is 5.60. The highest BCUT2D eigenvalue weighted by Gasteiger charge is 2.39. The van der Waals surface area contributed by atoms with E-state index in [1.807, 2.05) is 0 Å². The zero-order chi connectivity index (χ0) is 25.2. The van der Waals surface area contributed by atoms with Crippen molar-refractivity contribution in [1.82, 2.24) is 24.6 Å². The van der Waals surface area contributed by atoms with E-state index in [1.165, 1.54) is 30.6 Å². The lowest BCUT2D eigenvalue weighted by molar-refractivity contribution is -0.137. The molecule has 184 valence electrons. The fourth-order valence-electron chi connectivity index (χ4n) is 3.72. The normalized spacial score (nSPS) is 16.9. The van der Waals surface area contributed by atoms with E-state index in [0.29, 0.717) is 29.8 Å². The van der Waals surface area contributed by atoms with Gasteiger partial charge < -0.3 is 5.32 Å². The Morgan fingerprint density at radius 1 is 1.11 bits per heavy atom. The van der Waals surface area contributed by atoms with Crippen molar-refractivity contribution in [3.8, 4) is 11.3 Å². The molecule has 1 aliphatic rings. The Bertz CT molecular complexity index is 1320. The zero-order valence-electron chi connectivity index (χ0n) is 18.0. The van der Waals surface area contributed by atoms with Crippen LogP contribution in [-0.4, -0.2) is 46.2 Å². The molecule has 8 nitrogen and oxygen atoms in total. The lowest BCUT2D eigenvalue weighted by atomic mass is 10.1. The number of halogens is 4. The van der Waals surface area contributed by atoms with Gasteiger partial charge in [-0.3, -0.25) is 4.79 Å². The third-order valence-corrected chi connectivity index (χ3v) is 7.60. The third-order valence-electron chi connectivity index (χ3n) is 5.49. The number of aromatic nitrogens is 3. The molecule has 0 spiro atoms. The number of benzene rings is 1. The summed E-state index contributed by atoms with van der Waals surface area (Å²) in [6, 6.07) is 7.89. The van der Waals surface area contributed by atoms with Gasteiger partial charge in [0.25, 0.3) is 0 Å². The summed E-state index contributed by atoms with van der Waals surface area (Å²) in [4.78, 5) is 24.8. The molecular weight excluding hydrogens is 507 g/mol. The molecule has 1 aromatic carbocycles. The van der Waals surface area contributed by atoms with E-state index >= 15 is 0 Å². The monoisotopic (exact) mass is 525 g/mol. The van der Waals surface area contributed by atoms with Crippen LogP contribution in [0, 0.1) is 0 Å². The predicted molar refractivity (Wildman–Crippen MR) is 120 cm³/mol. The maximum absolute atomic E-state index is 13.0. The number of carbonyl (C=O) groups is 1. The number of nitrogens with zero attached hydrogens (tertiary/aromatic N) is 4. The average Bonchev–Trinajstić information content (AvgIpc) is 3.34. The van der Waals surface area contributed by atoms with Crippen LogP contribution in [0.3, 0.4) is 0 Å². The average molecular weight is 526 g/mol. The van der Waals surface area contributed by atoms with Crippen LogP contribution in [-0.2, 0) is 27.5 Å². The minimum absolute atomic E-state index is 0.0120. The summed E-state index contributed by atoms with van der Waals surface area (Å²) in [5.74, 6) is -0.484. The van der Waals surface area contributed by atoms with Gasteiger partial charge in [0, 0.05) is 18.3 Å². The molecule has 0 bridgehead atoms. The second kappa shape index (κ2) is 9.88. The van der Waals surface area contributed by atoms with E-state index in [0.717, 1.165) is 22.6 Å². The number of alkyl halides is 3. The van der Waals surface area contributed by atoms with Gasteiger partial charge in [-0.25, -0.2) is 23.4 Å². The van der Waals surface area contributed by atoms with Gasteiger partial charge in [-0.15, -0.1) is 0 Å². The Labute approximate surface area is 204 Å². The molecule has 3 aromatic rings. The van der Waals surface area contributed by atoms with E-state index in [2.05, 4.69) is 20.3 Å². The second-order valence-electron chi connectivity index (χ2n) is 7.78. The van der Waals surface area contributed by atoms with Crippen LogP contribution >= 0.6 is 11.6 Å². The molecule has 1 saturated heterocycles. The first-order valence-electron chi connectivity index (χ1n) is 10.5. The lowest BCUT2D eigenvalue weighted by Crippen LogP contribution is -2.45. The van der Waals surface area contributed by atoms with Crippen LogP contribution in [0.5, 0.6) is 0 Å². The molecular formula is C22H19ClF3N5O3S. The number of nitrogens with one attached hydrogen (secondary N) is 1. The summed E-state index contributed by atoms with van der Waals surface area (Å²) < 4.78 is 65.5. The highest BCUT2D eigenvalue weighted by atomic mass is 35.5. The van der Waals surface area contributed by atoms with Crippen molar-refractivity contribution in [1.29, 1.82) is 0 Å². The van der Waals surface area contributed by atoms with E-state index < -0.39 is 33.7 Å². The Morgan fingerprint density at radius 3 is 2.51 bits per heavy atom. The Hall–Kier alpha value is -3.09. The van der Waals surface area contributed by atoms with Crippen molar-refractivity contribution in [2.24, 2.45) is 0 Å². The second-order valence-corrected chi connectivity index (χ2v) is 10.1. The summed E-state index contributed by atoms with van der Waals surface area (Å²) in [5, 5.41) is 2.84. The van der Waals surface area contributed by atoms with Crippen molar-refractivity contribution in [2.45, 2.75) is 36.5 Å². The molecule has 1 fully saturated rings. The molecule has 0 saturated carbocycles. The van der Waals surface area contributed by atoms with Crippen LogP contribution < -0.4 is 5.32 Å². The van der Waals surface area contributed by atoms with Crippen molar-refractivity contribution in [3.05, 3.63) is 71.4 Å². The van der Waals surface area contributed by atoms with Crippen molar-refractivity contribution in [2.75, 3.05) is 6.54 Å². The summed E-state index contributed by atoms with van der Waals surface area (Å²) in [5.41, 5.74) is 0.488. The van der Waals surface area contributed by atoms with Crippen molar-refractivity contribution >= 4 is 27.5 Å². The fraction of sp³-hybridized carbons (Fsp3) is 0.273. The molecule has 3 heterocycles. The highest BCUT2D eigenvalue weighted by molar-refractivity contribution is 7.89. The molecule has 1 atom stereocenters. The molecule has 0 radical (unpaired) electrons. The Balaban J connectivity index is 1.44. The number of pyridine rings is 1. The molecule has 1 amide bonds. The number of sulfonamides is 1. The minimum Gasteiger partial charge on any atom is -0.349 e. The Kier molecular flexibility index (Phi) is 7.06. The van der Waals surface area contributed by atoms with E-state index in [4.69, 9.17) is 11.6 Å². The summed E-state index contributed by atoms with van der Waals surface area (Å²) >= 11 is 5.74. The van der Waals surface area contributed by atoms with Crippen molar-refractivity contribution < 1.29 is 26.4 Å². The topological polar surface area (TPSA) is 105 Å². The smallest absolute Gasteiger partial charge is 0.349 e. The fourth-order valence-corrected chi connectivity index (χ4v) is 5.43. The van der Waals surface area contributed by atoms with E-state index in [1.54, 1.807) is 6.07 Å². The molecule has 35 heavy (non-hydrogen) atoms. The lowest BCUT2D eigenvalue weighted by Gasteiger charge is -2.23. The van der Waals surface area contributed by atoms with Crippen LogP contribution in [0.25, 0.3) is 11.3 Å². The SMILES string of the molecule is O=C(NCc1cc(-c2ccc(C(F)(F)F)cc2)ncn1)[C@@H]1CCCN1S(=O)(=O)c1ccc(Cl)nc1. The molecule has 4 rings (SSSR count).